The Morgan fingerprint density at radius 1 is 1.23 bits per heavy atom. The zero-order chi connectivity index (χ0) is 18.1. The first-order valence-electron chi connectivity index (χ1n) is 7.98. The van der Waals surface area contributed by atoms with Gasteiger partial charge in [0.2, 0.25) is 0 Å². The Hall–Kier alpha value is -2.90. The molecule has 6 nitrogen and oxygen atoms in total. The Morgan fingerprint density at radius 3 is 2.85 bits per heavy atom. The largest absolute Gasteiger partial charge is 0.460 e. The fourth-order valence-corrected chi connectivity index (χ4v) is 3.44. The molecule has 1 aromatic carbocycles. The molecule has 4 aromatic rings. The molecule has 0 unspecified atom stereocenters. The summed E-state index contributed by atoms with van der Waals surface area (Å²) in [5, 5.41) is 5.97. The summed E-state index contributed by atoms with van der Waals surface area (Å²) in [6, 6.07) is 11.2. The van der Waals surface area contributed by atoms with E-state index in [0.717, 1.165) is 16.7 Å². The van der Waals surface area contributed by atoms with Crippen LogP contribution in [0.4, 0.5) is 5.13 Å². The summed E-state index contributed by atoms with van der Waals surface area (Å²) in [7, 11) is 1.59. The summed E-state index contributed by atoms with van der Waals surface area (Å²) < 4.78 is 16.5. The van der Waals surface area contributed by atoms with Crippen molar-refractivity contribution >= 4 is 33.3 Å². The topological polar surface area (TPSA) is 77.5 Å². The number of anilines is 1. The fourth-order valence-electron chi connectivity index (χ4n) is 2.74. The smallest absolute Gasteiger partial charge is 0.293 e. The number of aromatic nitrogens is 1. The molecule has 26 heavy (non-hydrogen) atoms. The van der Waals surface area contributed by atoms with Gasteiger partial charge in [0.15, 0.2) is 16.7 Å². The van der Waals surface area contributed by atoms with Crippen LogP contribution in [0, 0.1) is 6.92 Å². The molecule has 0 bridgehead atoms. The first kappa shape index (κ1) is 16.6. The second kappa shape index (κ2) is 6.78. The van der Waals surface area contributed by atoms with Crippen LogP contribution in [0.1, 0.15) is 21.9 Å². The number of rotatable bonds is 5. The maximum atomic E-state index is 12.7. The highest BCUT2D eigenvalue weighted by atomic mass is 32.1. The highest BCUT2D eigenvalue weighted by Crippen LogP contribution is 2.29. The van der Waals surface area contributed by atoms with Crippen molar-refractivity contribution in [3.8, 4) is 11.5 Å². The quantitative estimate of drug-likeness (QED) is 0.544. The number of hydrogen-bond donors (Lipinski definition) is 1. The van der Waals surface area contributed by atoms with E-state index >= 15 is 0 Å². The number of hydrogen-bond acceptors (Lipinski definition) is 6. The number of benzene rings is 1. The summed E-state index contributed by atoms with van der Waals surface area (Å²) >= 11 is 1.33. The Bertz CT molecular complexity index is 1080. The van der Waals surface area contributed by atoms with Crippen LogP contribution in [-0.4, -0.2) is 18.0 Å². The van der Waals surface area contributed by atoms with Crippen LogP contribution >= 0.6 is 11.3 Å². The van der Waals surface area contributed by atoms with E-state index < -0.39 is 0 Å². The van der Waals surface area contributed by atoms with E-state index in [0.29, 0.717) is 22.2 Å². The van der Waals surface area contributed by atoms with Crippen molar-refractivity contribution in [2.45, 2.75) is 13.5 Å². The second-order valence-corrected chi connectivity index (χ2v) is 6.60. The molecular formula is C19H16N2O4S. The van der Waals surface area contributed by atoms with E-state index in [-0.39, 0.29) is 18.3 Å². The van der Waals surface area contributed by atoms with Gasteiger partial charge < -0.3 is 13.6 Å². The number of methoxy groups -OCH3 is 1. The van der Waals surface area contributed by atoms with Gasteiger partial charge in [0.1, 0.15) is 17.0 Å². The summed E-state index contributed by atoms with van der Waals surface area (Å²) in [5.74, 6) is 1.36. The lowest BCUT2D eigenvalue weighted by molar-refractivity contribution is 0.0992. The third-order valence-corrected chi connectivity index (χ3v) is 4.67. The number of amides is 1. The van der Waals surface area contributed by atoms with Gasteiger partial charge in [-0.1, -0.05) is 18.2 Å². The first-order valence-corrected chi connectivity index (χ1v) is 8.86. The minimum Gasteiger partial charge on any atom is -0.460 e. The molecule has 1 amide bonds. The number of furan rings is 2. The van der Waals surface area contributed by atoms with Crippen molar-refractivity contribution in [3.05, 3.63) is 58.9 Å². The molecule has 3 aromatic heterocycles. The van der Waals surface area contributed by atoms with Crippen LogP contribution < -0.4 is 5.32 Å². The molecule has 7 heteroatoms. The van der Waals surface area contributed by atoms with Crippen LogP contribution in [0.5, 0.6) is 0 Å². The summed E-state index contributed by atoms with van der Waals surface area (Å²) in [4.78, 5) is 17.1. The molecule has 0 saturated carbocycles. The molecule has 0 spiro atoms. The minimum absolute atomic E-state index is 0.235. The van der Waals surface area contributed by atoms with Crippen LogP contribution in [-0.2, 0) is 11.3 Å². The number of carbonyl (C=O) groups is 1. The molecule has 0 fully saturated rings. The van der Waals surface area contributed by atoms with E-state index in [1.807, 2.05) is 48.7 Å². The Kier molecular flexibility index (Phi) is 4.32. The highest BCUT2D eigenvalue weighted by Gasteiger charge is 2.21. The number of thiazole rings is 1. The van der Waals surface area contributed by atoms with Gasteiger partial charge in [-0.3, -0.25) is 10.1 Å². The highest BCUT2D eigenvalue weighted by molar-refractivity contribution is 7.14. The normalized spacial score (nSPS) is 11.2. The molecule has 4 rings (SSSR count). The van der Waals surface area contributed by atoms with Gasteiger partial charge in [0, 0.05) is 23.4 Å². The third kappa shape index (κ3) is 3.02. The number of carbonyl (C=O) groups excluding carboxylic acids is 1. The predicted octanol–water partition coefficient (Wildman–Crippen LogP) is 4.86. The molecule has 0 saturated heterocycles. The van der Waals surface area contributed by atoms with E-state index in [1.165, 1.54) is 11.3 Å². The standard InChI is InChI=1S/C19H16N2O4S/c1-11-7-8-16(24-11)14-10-26-19(20-14)21-18(22)17-13(9-23-2)12-5-3-4-6-15(12)25-17/h3-8,10H,9H2,1-2H3,(H,20,21,22). The third-order valence-electron chi connectivity index (χ3n) is 3.91. The number of nitrogens with zero attached hydrogens (tertiary/aromatic N) is 1. The van der Waals surface area contributed by atoms with Crippen molar-refractivity contribution < 1.29 is 18.4 Å². The molecule has 132 valence electrons. The number of aryl methyl sites for hydroxylation is 1. The van der Waals surface area contributed by atoms with Crippen LogP contribution in [0.15, 0.2) is 50.6 Å². The lowest BCUT2D eigenvalue weighted by atomic mass is 10.1. The fraction of sp³-hybridized carbons (Fsp3) is 0.158. The lowest BCUT2D eigenvalue weighted by Crippen LogP contribution is -2.13. The number of ether oxygens (including phenoxy) is 1. The van der Waals surface area contributed by atoms with Gasteiger partial charge in [-0.05, 0) is 25.1 Å². The molecule has 1 N–H and O–H groups in total. The van der Waals surface area contributed by atoms with Gasteiger partial charge >= 0.3 is 0 Å². The van der Waals surface area contributed by atoms with Gasteiger partial charge in [0.05, 0.1) is 6.61 Å². The van der Waals surface area contributed by atoms with Crippen molar-refractivity contribution in [1.29, 1.82) is 0 Å². The van der Waals surface area contributed by atoms with Crippen LogP contribution in [0.2, 0.25) is 0 Å². The average molecular weight is 368 g/mol. The number of nitrogens with one attached hydrogen (secondary N) is 1. The Labute approximate surface area is 153 Å². The summed E-state index contributed by atoms with van der Waals surface area (Å²) in [5.41, 5.74) is 2.05. The Balaban J connectivity index is 1.62. The minimum atomic E-state index is -0.357. The van der Waals surface area contributed by atoms with Gasteiger partial charge in [-0.2, -0.15) is 0 Å². The van der Waals surface area contributed by atoms with Gasteiger partial charge in [0.25, 0.3) is 5.91 Å². The molecule has 0 aliphatic heterocycles. The molecule has 0 aliphatic carbocycles. The van der Waals surface area contributed by atoms with E-state index in [1.54, 1.807) is 7.11 Å². The molecular weight excluding hydrogens is 352 g/mol. The summed E-state index contributed by atoms with van der Waals surface area (Å²) in [6.45, 7) is 2.16. The SMILES string of the molecule is COCc1c(C(=O)Nc2nc(-c3ccc(C)o3)cs2)oc2ccccc12. The van der Waals surface area contributed by atoms with E-state index in [2.05, 4.69) is 10.3 Å². The van der Waals surface area contributed by atoms with Crippen molar-refractivity contribution in [2.24, 2.45) is 0 Å². The number of para-hydroxylation sites is 1. The molecule has 0 atom stereocenters. The van der Waals surface area contributed by atoms with E-state index in [4.69, 9.17) is 13.6 Å². The zero-order valence-electron chi connectivity index (χ0n) is 14.2. The Morgan fingerprint density at radius 2 is 2.08 bits per heavy atom. The summed E-state index contributed by atoms with van der Waals surface area (Å²) in [6.07, 6.45) is 0. The van der Waals surface area contributed by atoms with Crippen molar-refractivity contribution in [2.75, 3.05) is 12.4 Å². The second-order valence-electron chi connectivity index (χ2n) is 5.74. The number of fused-ring (bicyclic) bond motifs is 1. The maximum Gasteiger partial charge on any atom is 0.293 e. The van der Waals surface area contributed by atoms with Crippen LogP contribution in [0.3, 0.4) is 0 Å². The van der Waals surface area contributed by atoms with Crippen LogP contribution in [0.25, 0.3) is 22.4 Å². The van der Waals surface area contributed by atoms with E-state index in [9.17, 15) is 4.79 Å². The average Bonchev–Trinajstić information content (AvgIpc) is 3.34. The van der Waals surface area contributed by atoms with Gasteiger partial charge in [-0.25, -0.2) is 4.98 Å². The van der Waals surface area contributed by atoms with Crippen molar-refractivity contribution in [1.82, 2.24) is 4.98 Å². The monoisotopic (exact) mass is 368 g/mol. The predicted molar refractivity (Wildman–Crippen MR) is 99.4 cm³/mol. The molecule has 0 radical (unpaired) electrons. The molecule has 0 aliphatic rings. The first-order chi connectivity index (χ1) is 12.7. The molecule has 3 heterocycles. The van der Waals surface area contributed by atoms with Crippen molar-refractivity contribution in [3.63, 3.8) is 0 Å². The lowest BCUT2D eigenvalue weighted by Gasteiger charge is -2.02. The van der Waals surface area contributed by atoms with Gasteiger partial charge in [-0.15, -0.1) is 11.3 Å². The zero-order valence-corrected chi connectivity index (χ0v) is 15.1. The maximum absolute atomic E-state index is 12.7.